The minimum Gasteiger partial charge on any atom is -0.461 e. The molecule has 0 aliphatic carbocycles. The van der Waals surface area contributed by atoms with Gasteiger partial charge >= 0.3 is 6.01 Å². The quantitative estimate of drug-likeness (QED) is 0.821. The first kappa shape index (κ1) is 13.7. The van der Waals surface area contributed by atoms with Crippen LogP contribution in [0.5, 0.6) is 6.01 Å². The molecule has 0 atom stereocenters. The molecule has 17 heavy (non-hydrogen) atoms. The first-order valence-electron chi connectivity index (χ1n) is 5.43. The maximum absolute atomic E-state index is 5.78. The van der Waals surface area contributed by atoms with Gasteiger partial charge in [-0.1, -0.05) is 11.6 Å². The molecule has 0 aliphatic heterocycles. The molecule has 1 aromatic heterocycles. The number of rotatable bonds is 5. The zero-order valence-electron chi connectivity index (χ0n) is 10.5. The third-order valence-corrected chi connectivity index (χ3v) is 1.87. The van der Waals surface area contributed by atoms with Crippen molar-refractivity contribution in [1.29, 1.82) is 0 Å². The van der Waals surface area contributed by atoms with Crippen molar-refractivity contribution in [2.75, 3.05) is 11.9 Å². The minimum atomic E-state index is -0.000834. The van der Waals surface area contributed by atoms with Gasteiger partial charge in [0.1, 0.15) is 0 Å². The Balaban J connectivity index is 2.72. The van der Waals surface area contributed by atoms with E-state index in [4.69, 9.17) is 16.3 Å². The fraction of sp³-hybridized carbons (Fsp3) is 0.545. The molecule has 0 amide bonds. The third kappa shape index (κ3) is 5.49. The maximum Gasteiger partial charge on any atom is 0.322 e. The van der Waals surface area contributed by atoms with Crippen LogP contribution in [0.2, 0.25) is 5.28 Å². The Morgan fingerprint density at radius 2 is 2.06 bits per heavy atom. The zero-order valence-corrected chi connectivity index (χ0v) is 11.2. The lowest BCUT2D eigenvalue weighted by Crippen LogP contribution is -2.11. The molecule has 94 valence electrons. The van der Waals surface area contributed by atoms with Crippen LogP contribution >= 0.6 is 11.6 Å². The van der Waals surface area contributed by atoms with Crippen molar-refractivity contribution in [2.45, 2.75) is 33.8 Å². The van der Waals surface area contributed by atoms with Gasteiger partial charge in [-0.3, -0.25) is 0 Å². The van der Waals surface area contributed by atoms with Crippen LogP contribution in [0, 0.1) is 0 Å². The highest BCUT2D eigenvalue weighted by atomic mass is 35.5. The van der Waals surface area contributed by atoms with E-state index in [0.29, 0.717) is 12.5 Å². The van der Waals surface area contributed by atoms with Crippen LogP contribution in [-0.4, -0.2) is 27.6 Å². The summed E-state index contributed by atoms with van der Waals surface area (Å²) in [6.07, 6.45) is 2.03. The number of anilines is 1. The second-order valence-corrected chi connectivity index (χ2v) is 4.38. The molecule has 0 aromatic carbocycles. The summed E-state index contributed by atoms with van der Waals surface area (Å²) in [5.74, 6) is 0.415. The van der Waals surface area contributed by atoms with Crippen molar-refractivity contribution in [3.8, 4) is 6.01 Å². The summed E-state index contributed by atoms with van der Waals surface area (Å²) in [4.78, 5) is 11.9. The average molecular weight is 257 g/mol. The smallest absolute Gasteiger partial charge is 0.322 e. The fourth-order valence-corrected chi connectivity index (χ4v) is 1.17. The van der Waals surface area contributed by atoms with Gasteiger partial charge in [0.25, 0.3) is 0 Å². The van der Waals surface area contributed by atoms with Gasteiger partial charge in [0.15, 0.2) is 0 Å². The highest BCUT2D eigenvalue weighted by molar-refractivity contribution is 6.28. The first-order valence-corrected chi connectivity index (χ1v) is 5.80. The molecule has 0 fully saturated rings. The third-order valence-electron chi connectivity index (χ3n) is 1.70. The van der Waals surface area contributed by atoms with Gasteiger partial charge in [-0.05, 0) is 39.3 Å². The monoisotopic (exact) mass is 256 g/mol. The van der Waals surface area contributed by atoms with Gasteiger partial charge in [0.05, 0.1) is 6.10 Å². The van der Waals surface area contributed by atoms with E-state index in [1.165, 1.54) is 5.57 Å². The summed E-state index contributed by atoms with van der Waals surface area (Å²) in [6, 6.07) is 0.236. The fourth-order valence-electron chi connectivity index (χ4n) is 1.02. The first-order chi connectivity index (χ1) is 7.97. The van der Waals surface area contributed by atoms with Crippen molar-refractivity contribution < 1.29 is 4.74 Å². The second kappa shape index (κ2) is 6.39. The highest BCUT2D eigenvalue weighted by Crippen LogP contribution is 2.12. The van der Waals surface area contributed by atoms with E-state index >= 15 is 0 Å². The van der Waals surface area contributed by atoms with E-state index in [1.54, 1.807) is 0 Å². The van der Waals surface area contributed by atoms with Crippen LogP contribution in [-0.2, 0) is 0 Å². The molecular formula is C11H17ClN4O. The summed E-state index contributed by atoms with van der Waals surface area (Å²) in [5.41, 5.74) is 1.22. The van der Waals surface area contributed by atoms with E-state index in [-0.39, 0.29) is 17.4 Å². The standard InChI is InChI=1S/C11H17ClN4O/c1-7(2)5-6-13-10-14-9(12)15-11(16-10)17-8(3)4/h5,8H,6H2,1-4H3,(H,13,14,15,16). The van der Waals surface area contributed by atoms with Crippen molar-refractivity contribution >= 4 is 17.5 Å². The van der Waals surface area contributed by atoms with E-state index in [9.17, 15) is 0 Å². The predicted octanol–water partition coefficient (Wildman–Crippen LogP) is 2.69. The van der Waals surface area contributed by atoms with E-state index in [2.05, 4.69) is 20.3 Å². The topological polar surface area (TPSA) is 59.9 Å². The summed E-state index contributed by atoms with van der Waals surface area (Å²) in [5, 5.41) is 3.15. The Morgan fingerprint density at radius 3 is 2.65 bits per heavy atom. The Hall–Kier alpha value is -1.36. The molecule has 1 rings (SSSR count). The Morgan fingerprint density at radius 1 is 1.35 bits per heavy atom. The van der Waals surface area contributed by atoms with E-state index < -0.39 is 0 Å². The van der Waals surface area contributed by atoms with Crippen molar-refractivity contribution in [3.63, 3.8) is 0 Å². The van der Waals surface area contributed by atoms with Crippen LogP contribution < -0.4 is 10.1 Å². The number of nitrogens with zero attached hydrogens (tertiary/aromatic N) is 3. The van der Waals surface area contributed by atoms with Crippen LogP contribution in [0.4, 0.5) is 5.95 Å². The molecule has 1 aromatic rings. The van der Waals surface area contributed by atoms with Crippen LogP contribution in [0.15, 0.2) is 11.6 Å². The number of nitrogens with one attached hydrogen (secondary N) is 1. The average Bonchev–Trinajstić information content (AvgIpc) is 2.14. The largest absolute Gasteiger partial charge is 0.461 e. The van der Waals surface area contributed by atoms with Gasteiger partial charge in [-0.15, -0.1) is 0 Å². The van der Waals surface area contributed by atoms with Crippen LogP contribution in [0.3, 0.4) is 0 Å². The van der Waals surface area contributed by atoms with Crippen molar-refractivity contribution in [1.82, 2.24) is 15.0 Å². The van der Waals surface area contributed by atoms with Gasteiger partial charge in [0, 0.05) is 6.54 Å². The molecule has 0 unspecified atom stereocenters. The number of hydrogen-bond acceptors (Lipinski definition) is 5. The Labute approximate surface area is 106 Å². The van der Waals surface area contributed by atoms with Crippen molar-refractivity contribution in [2.24, 2.45) is 0 Å². The second-order valence-electron chi connectivity index (χ2n) is 4.04. The SMILES string of the molecule is CC(C)=CCNc1nc(Cl)nc(OC(C)C)n1. The molecule has 5 nitrogen and oxygen atoms in total. The highest BCUT2D eigenvalue weighted by Gasteiger charge is 2.06. The van der Waals surface area contributed by atoms with Crippen LogP contribution in [0.25, 0.3) is 0 Å². The molecule has 0 spiro atoms. The Kier molecular flexibility index (Phi) is 5.15. The summed E-state index contributed by atoms with van der Waals surface area (Å²) < 4.78 is 5.36. The lowest BCUT2D eigenvalue weighted by molar-refractivity contribution is 0.222. The van der Waals surface area contributed by atoms with Gasteiger partial charge < -0.3 is 10.1 Å². The molecule has 0 saturated heterocycles. The van der Waals surface area contributed by atoms with Crippen molar-refractivity contribution in [3.05, 3.63) is 16.9 Å². The lowest BCUT2D eigenvalue weighted by atomic mass is 10.3. The molecule has 0 radical (unpaired) electrons. The maximum atomic E-state index is 5.78. The molecule has 0 aliphatic rings. The molecule has 1 N–H and O–H groups in total. The molecular weight excluding hydrogens is 240 g/mol. The summed E-state index contributed by atoms with van der Waals surface area (Å²) in [7, 11) is 0. The Bertz CT molecular complexity index is 402. The van der Waals surface area contributed by atoms with Gasteiger partial charge in [-0.25, -0.2) is 0 Å². The van der Waals surface area contributed by atoms with E-state index in [1.807, 2.05) is 33.8 Å². The van der Waals surface area contributed by atoms with Crippen LogP contribution in [0.1, 0.15) is 27.7 Å². The minimum absolute atomic E-state index is 0.000834. The number of aromatic nitrogens is 3. The molecule has 0 saturated carbocycles. The molecule has 6 heteroatoms. The van der Waals surface area contributed by atoms with Gasteiger partial charge in [0.2, 0.25) is 11.2 Å². The summed E-state index contributed by atoms with van der Waals surface area (Å²) >= 11 is 5.78. The number of ether oxygens (including phenoxy) is 1. The van der Waals surface area contributed by atoms with E-state index in [0.717, 1.165) is 0 Å². The number of allylic oxidation sites excluding steroid dienone is 1. The number of hydrogen-bond donors (Lipinski definition) is 1. The summed E-state index contributed by atoms with van der Waals surface area (Å²) in [6.45, 7) is 8.48. The lowest BCUT2D eigenvalue weighted by Gasteiger charge is -2.09. The van der Waals surface area contributed by atoms with Gasteiger partial charge in [-0.2, -0.15) is 15.0 Å². The molecule has 1 heterocycles. The zero-order chi connectivity index (χ0) is 12.8. The predicted molar refractivity (Wildman–Crippen MR) is 68.5 cm³/mol. The number of halogens is 1. The molecule has 0 bridgehead atoms. The normalized spacial score (nSPS) is 10.2.